The molecule has 0 radical (unpaired) electrons. The summed E-state index contributed by atoms with van der Waals surface area (Å²) in [5, 5.41) is 5.74. The number of aromatic amines is 1. The van der Waals surface area contributed by atoms with Gasteiger partial charge in [0.15, 0.2) is 0 Å². The summed E-state index contributed by atoms with van der Waals surface area (Å²) in [5.74, 6) is 0.440. The molecule has 0 fully saturated rings. The number of nitrogen functional groups attached to an aromatic ring is 1. The molecule has 1 atom stereocenters. The van der Waals surface area contributed by atoms with Crippen molar-refractivity contribution in [1.82, 2.24) is 19.7 Å². The van der Waals surface area contributed by atoms with E-state index in [-0.39, 0.29) is 11.9 Å². The zero-order valence-corrected chi connectivity index (χ0v) is 13.3. The van der Waals surface area contributed by atoms with Crippen LogP contribution in [0.5, 0.6) is 0 Å². The van der Waals surface area contributed by atoms with E-state index in [0.717, 1.165) is 16.6 Å². The number of rotatable bonds is 1. The third kappa shape index (κ3) is 2.26. The van der Waals surface area contributed by atoms with E-state index in [1.165, 1.54) is 0 Å². The first-order valence-corrected chi connectivity index (χ1v) is 7.81. The summed E-state index contributed by atoms with van der Waals surface area (Å²) in [6.45, 7) is 3.14. The van der Waals surface area contributed by atoms with Crippen LogP contribution in [0.2, 0.25) is 5.02 Å². The Morgan fingerprint density at radius 1 is 1.43 bits per heavy atom. The highest BCUT2D eigenvalue weighted by molar-refractivity contribution is 6.35. The van der Waals surface area contributed by atoms with Gasteiger partial charge in [0.25, 0.3) is 5.91 Å². The Morgan fingerprint density at radius 2 is 2.26 bits per heavy atom. The van der Waals surface area contributed by atoms with Crippen molar-refractivity contribution >= 4 is 34.2 Å². The van der Waals surface area contributed by atoms with Gasteiger partial charge in [0.1, 0.15) is 11.5 Å². The molecule has 3 N–H and O–H groups in total. The summed E-state index contributed by atoms with van der Waals surface area (Å²) in [4.78, 5) is 17.9. The molecule has 2 aromatic heterocycles. The molecule has 3 heterocycles. The van der Waals surface area contributed by atoms with Crippen molar-refractivity contribution in [1.29, 1.82) is 0 Å². The van der Waals surface area contributed by atoms with Crippen molar-refractivity contribution in [2.24, 2.45) is 0 Å². The highest BCUT2D eigenvalue weighted by Crippen LogP contribution is 2.26. The smallest absolute Gasteiger partial charge is 0.270 e. The fraction of sp³-hybridized carbons (Fsp3) is 0.250. The predicted molar refractivity (Wildman–Crippen MR) is 89.3 cm³/mol. The number of anilines is 1. The maximum absolute atomic E-state index is 12.9. The predicted octanol–water partition coefficient (Wildman–Crippen LogP) is 2.64. The zero-order valence-electron chi connectivity index (χ0n) is 12.6. The van der Waals surface area contributed by atoms with Gasteiger partial charge < -0.3 is 15.6 Å². The Bertz CT molecular complexity index is 912. The minimum atomic E-state index is -0.0456. The lowest BCUT2D eigenvalue weighted by molar-refractivity contribution is 0.0602. The molecule has 0 bridgehead atoms. The first-order chi connectivity index (χ1) is 11.0. The van der Waals surface area contributed by atoms with Gasteiger partial charge in [-0.3, -0.25) is 9.48 Å². The van der Waals surface area contributed by atoms with Crippen molar-refractivity contribution in [3.05, 3.63) is 46.7 Å². The van der Waals surface area contributed by atoms with Gasteiger partial charge in [0.05, 0.1) is 18.8 Å². The summed E-state index contributed by atoms with van der Waals surface area (Å²) >= 11 is 6.19. The molecule has 4 rings (SSSR count). The van der Waals surface area contributed by atoms with E-state index in [9.17, 15) is 4.79 Å². The summed E-state index contributed by atoms with van der Waals surface area (Å²) in [6, 6.07) is 9.25. The van der Waals surface area contributed by atoms with Crippen LogP contribution in [-0.4, -0.2) is 31.6 Å². The molecule has 3 aromatic rings. The van der Waals surface area contributed by atoms with Gasteiger partial charge in [-0.1, -0.05) is 17.7 Å². The number of carbonyl (C=O) groups excluding carboxylic acids is 1. The molecular formula is C16H16ClN5O. The van der Waals surface area contributed by atoms with E-state index in [1.807, 2.05) is 46.8 Å². The number of hydrogen-bond acceptors (Lipinski definition) is 3. The second-order valence-electron chi connectivity index (χ2n) is 5.91. The standard InChI is InChI=1S/C16H16ClN5O/c1-9-7-22-10(5-15(18)20-22)8-21(9)16(23)14-6-11-12(17)3-2-4-13(11)19-14/h2-6,9,19H,7-8H2,1H3,(H2,18,20). The van der Waals surface area contributed by atoms with Crippen LogP contribution in [0, 0.1) is 0 Å². The second-order valence-corrected chi connectivity index (χ2v) is 6.32. The van der Waals surface area contributed by atoms with Gasteiger partial charge in [-0.05, 0) is 25.1 Å². The minimum Gasteiger partial charge on any atom is -0.382 e. The van der Waals surface area contributed by atoms with Crippen molar-refractivity contribution in [2.45, 2.75) is 26.1 Å². The molecule has 1 amide bonds. The number of halogens is 1. The molecule has 1 aromatic carbocycles. The molecule has 6 nitrogen and oxygen atoms in total. The van der Waals surface area contributed by atoms with E-state index in [1.54, 1.807) is 0 Å². The summed E-state index contributed by atoms with van der Waals surface area (Å²) in [5.41, 5.74) is 8.10. The van der Waals surface area contributed by atoms with Gasteiger partial charge in [0, 0.05) is 28.0 Å². The maximum atomic E-state index is 12.9. The van der Waals surface area contributed by atoms with Gasteiger partial charge in [-0.2, -0.15) is 5.10 Å². The quantitative estimate of drug-likeness (QED) is 0.720. The number of nitrogens with zero attached hydrogens (tertiary/aromatic N) is 3. The Kier molecular flexibility index (Phi) is 3.09. The van der Waals surface area contributed by atoms with Gasteiger partial charge in [-0.15, -0.1) is 0 Å². The van der Waals surface area contributed by atoms with Crippen molar-refractivity contribution in [3.63, 3.8) is 0 Å². The third-order valence-corrected chi connectivity index (χ3v) is 4.62. The normalized spacial score (nSPS) is 17.5. The van der Waals surface area contributed by atoms with E-state index < -0.39 is 0 Å². The van der Waals surface area contributed by atoms with Gasteiger partial charge in [-0.25, -0.2) is 0 Å². The molecule has 1 aliphatic rings. The number of nitrogens with two attached hydrogens (primary N) is 1. The van der Waals surface area contributed by atoms with E-state index in [2.05, 4.69) is 10.1 Å². The number of amides is 1. The average molecular weight is 330 g/mol. The Balaban J connectivity index is 1.69. The fourth-order valence-electron chi connectivity index (χ4n) is 3.10. The first kappa shape index (κ1) is 14.1. The lowest BCUT2D eigenvalue weighted by Crippen LogP contribution is -2.45. The van der Waals surface area contributed by atoms with Crippen molar-refractivity contribution in [3.8, 4) is 0 Å². The maximum Gasteiger partial charge on any atom is 0.270 e. The van der Waals surface area contributed by atoms with Crippen LogP contribution >= 0.6 is 11.6 Å². The number of fused-ring (bicyclic) bond motifs is 2. The van der Waals surface area contributed by atoms with E-state index in [4.69, 9.17) is 17.3 Å². The molecule has 0 spiro atoms. The number of H-pyrrole nitrogens is 1. The van der Waals surface area contributed by atoms with Crippen LogP contribution in [0.1, 0.15) is 23.1 Å². The number of nitrogens with one attached hydrogen (secondary N) is 1. The molecule has 1 aliphatic heterocycles. The van der Waals surface area contributed by atoms with Crippen LogP contribution in [0.3, 0.4) is 0 Å². The summed E-state index contributed by atoms with van der Waals surface area (Å²) < 4.78 is 1.87. The third-order valence-electron chi connectivity index (χ3n) is 4.29. The first-order valence-electron chi connectivity index (χ1n) is 7.43. The van der Waals surface area contributed by atoms with Crippen LogP contribution in [-0.2, 0) is 13.1 Å². The molecule has 0 saturated heterocycles. The highest BCUT2D eigenvalue weighted by atomic mass is 35.5. The molecule has 1 unspecified atom stereocenters. The number of aromatic nitrogens is 3. The minimum absolute atomic E-state index is 0.0381. The number of benzene rings is 1. The number of carbonyl (C=O) groups is 1. The Labute approximate surface area is 137 Å². The molecular weight excluding hydrogens is 314 g/mol. The Hall–Kier alpha value is -2.47. The topological polar surface area (TPSA) is 79.9 Å². The van der Waals surface area contributed by atoms with Crippen LogP contribution in [0.4, 0.5) is 5.82 Å². The van der Waals surface area contributed by atoms with Crippen LogP contribution < -0.4 is 5.73 Å². The van der Waals surface area contributed by atoms with Gasteiger partial charge >= 0.3 is 0 Å². The lowest BCUT2D eigenvalue weighted by Gasteiger charge is -2.33. The molecule has 23 heavy (non-hydrogen) atoms. The monoisotopic (exact) mass is 329 g/mol. The van der Waals surface area contributed by atoms with Gasteiger partial charge in [0.2, 0.25) is 0 Å². The Morgan fingerprint density at radius 3 is 3.04 bits per heavy atom. The van der Waals surface area contributed by atoms with E-state index >= 15 is 0 Å². The highest BCUT2D eigenvalue weighted by Gasteiger charge is 2.29. The average Bonchev–Trinajstić information content (AvgIpc) is 3.09. The zero-order chi connectivity index (χ0) is 16.1. The molecule has 0 aliphatic carbocycles. The fourth-order valence-corrected chi connectivity index (χ4v) is 3.33. The SMILES string of the molecule is CC1Cn2nc(N)cc2CN1C(=O)c1cc2c(Cl)cccc2[nH]1. The van der Waals surface area contributed by atoms with Crippen molar-refractivity contribution in [2.75, 3.05) is 5.73 Å². The van der Waals surface area contributed by atoms with Crippen LogP contribution in [0.25, 0.3) is 10.9 Å². The van der Waals surface area contributed by atoms with Crippen LogP contribution in [0.15, 0.2) is 30.3 Å². The molecule has 118 valence electrons. The summed E-state index contributed by atoms with van der Waals surface area (Å²) in [6.07, 6.45) is 0. The molecule has 0 saturated carbocycles. The summed E-state index contributed by atoms with van der Waals surface area (Å²) in [7, 11) is 0. The molecule has 7 heteroatoms. The van der Waals surface area contributed by atoms with E-state index in [0.29, 0.717) is 29.6 Å². The largest absolute Gasteiger partial charge is 0.382 e. The second kappa shape index (κ2) is 5.03. The van der Waals surface area contributed by atoms with Crippen molar-refractivity contribution < 1.29 is 4.79 Å². The number of hydrogen-bond donors (Lipinski definition) is 2. The lowest BCUT2D eigenvalue weighted by atomic mass is 10.1.